The lowest BCUT2D eigenvalue weighted by Gasteiger charge is -2.20. The molecular weight excluding hydrogens is 220 g/mol. The monoisotopic (exact) mass is 234 g/mol. The Morgan fingerprint density at radius 1 is 1.42 bits per heavy atom. The molecule has 2 nitrogen and oxygen atoms in total. The fourth-order valence-electron chi connectivity index (χ4n) is 1.35. The summed E-state index contributed by atoms with van der Waals surface area (Å²) in [5, 5.41) is 8.89. The van der Waals surface area contributed by atoms with Gasteiger partial charge in [-0.1, -0.05) is 42.8 Å². The molecule has 0 spiro atoms. The molecule has 3 heteroatoms. The largest absolute Gasteiger partial charge is 0.481 e. The summed E-state index contributed by atoms with van der Waals surface area (Å²) in [5.41, 5.74) is 0. The van der Waals surface area contributed by atoms with Crippen molar-refractivity contribution in [3.8, 4) is 0 Å². The molecule has 0 aliphatic carbocycles. The van der Waals surface area contributed by atoms with Crippen molar-refractivity contribution in [1.29, 1.82) is 0 Å². The molecule has 0 aromatic carbocycles. The van der Waals surface area contributed by atoms with E-state index >= 15 is 0 Å². The van der Waals surface area contributed by atoms with E-state index in [1.165, 1.54) is 0 Å². The van der Waals surface area contributed by atoms with Gasteiger partial charge in [-0.25, -0.2) is 0 Å². The molecule has 0 aliphatic rings. The van der Waals surface area contributed by atoms with Crippen molar-refractivity contribution in [2.24, 2.45) is 17.8 Å². The average molecular weight is 235 g/mol. The summed E-state index contributed by atoms with van der Waals surface area (Å²) in [7, 11) is 0. The molecule has 0 saturated heterocycles. The highest BCUT2D eigenvalue weighted by Crippen LogP contribution is 2.22. The van der Waals surface area contributed by atoms with E-state index in [0.717, 1.165) is 0 Å². The lowest BCUT2D eigenvalue weighted by Crippen LogP contribution is -2.25. The van der Waals surface area contributed by atoms with Gasteiger partial charge in [0.15, 0.2) is 0 Å². The second-order valence-corrected chi connectivity index (χ2v) is 3.81. The molecular formula is C9H15BrO2. The van der Waals surface area contributed by atoms with Gasteiger partial charge < -0.3 is 5.11 Å². The second-order valence-electron chi connectivity index (χ2n) is 3.29. The van der Waals surface area contributed by atoms with Crippen molar-refractivity contribution in [2.75, 3.05) is 0 Å². The van der Waals surface area contributed by atoms with E-state index in [1.807, 2.05) is 26.8 Å². The molecule has 0 aliphatic heterocycles. The van der Waals surface area contributed by atoms with Crippen LogP contribution in [-0.2, 0) is 4.79 Å². The predicted molar refractivity (Wildman–Crippen MR) is 53.2 cm³/mol. The van der Waals surface area contributed by atoms with Gasteiger partial charge in [-0.2, -0.15) is 0 Å². The van der Waals surface area contributed by atoms with Gasteiger partial charge >= 0.3 is 5.97 Å². The number of hydrogen-bond acceptors (Lipinski definition) is 1. The number of carbonyl (C=O) groups is 1. The van der Waals surface area contributed by atoms with Crippen molar-refractivity contribution in [3.05, 3.63) is 11.1 Å². The van der Waals surface area contributed by atoms with Gasteiger partial charge in [0, 0.05) is 0 Å². The minimum Gasteiger partial charge on any atom is -0.481 e. The molecule has 2 atom stereocenters. The first-order valence-corrected chi connectivity index (χ1v) is 4.92. The molecule has 0 aromatic rings. The van der Waals surface area contributed by atoms with Crippen molar-refractivity contribution in [1.82, 2.24) is 0 Å². The predicted octanol–water partition coefficient (Wildman–Crippen LogP) is 2.89. The van der Waals surface area contributed by atoms with E-state index in [9.17, 15) is 4.79 Å². The Labute approximate surface area is 81.8 Å². The summed E-state index contributed by atoms with van der Waals surface area (Å²) in [6, 6.07) is 0. The van der Waals surface area contributed by atoms with E-state index in [1.54, 1.807) is 4.99 Å². The molecule has 12 heavy (non-hydrogen) atoms. The van der Waals surface area contributed by atoms with Crippen LogP contribution in [0.4, 0.5) is 0 Å². The molecule has 0 aromatic heterocycles. The van der Waals surface area contributed by atoms with E-state index < -0.39 is 5.97 Å². The van der Waals surface area contributed by atoms with Crippen LogP contribution in [0, 0.1) is 17.8 Å². The number of halogens is 1. The fraction of sp³-hybridized carbons (Fsp3) is 0.667. The topological polar surface area (TPSA) is 37.3 Å². The highest BCUT2D eigenvalue weighted by molar-refractivity contribution is 9.11. The first kappa shape index (κ1) is 11.7. The van der Waals surface area contributed by atoms with Crippen LogP contribution >= 0.6 is 15.9 Å². The van der Waals surface area contributed by atoms with Crippen LogP contribution in [0.2, 0.25) is 0 Å². The Bertz CT molecular complexity index is 175. The third-order valence-corrected chi connectivity index (χ3v) is 2.25. The molecule has 0 fully saturated rings. The molecule has 0 amide bonds. The van der Waals surface area contributed by atoms with Crippen LogP contribution in [0.1, 0.15) is 20.8 Å². The van der Waals surface area contributed by atoms with Gasteiger partial charge in [-0.15, -0.1) is 0 Å². The van der Waals surface area contributed by atoms with Crippen LogP contribution in [0.3, 0.4) is 0 Å². The minimum atomic E-state index is -0.719. The van der Waals surface area contributed by atoms with Crippen molar-refractivity contribution in [2.45, 2.75) is 20.8 Å². The van der Waals surface area contributed by atoms with Crippen LogP contribution in [0.15, 0.2) is 11.1 Å². The van der Waals surface area contributed by atoms with E-state index in [2.05, 4.69) is 15.9 Å². The molecule has 0 bridgehead atoms. The molecule has 0 rings (SSSR count). The van der Waals surface area contributed by atoms with Gasteiger partial charge in [0.1, 0.15) is 0 Å². The molecule has 0 radical (unpaired) electrons. The summed E-state index contributed by atoms with van der Waals surface area (Å²) < 4.78 is 0. The normalized spacial score (nSPS) is 16.8. The standard InChI is InChI=1S/C9H15BrO2/c1-6(2)8(9(11)12)7(3)4-5-10/h4-8H,1-3H3,(H,11,12). The van der Waals surface area contributed by atoms with Crippen molar-refractivity contribution in [3.63, 3.8) is 0 Å². The summed E-state index contributed by atoms with van der Waals surface area (Å²) >= 11 is 3.14. The number of carboxylic acid groups (broad SMARTS) is 1. The Morgan fingerprint density at radius 2 is 1.92 bits per heavy atom. The molecule has 0 saturated carbocycles. The summed E-state index contributed by atoms with van der Waals surface area (Å²) in [4.78, 5) is 12.5. The van der Waals surface area contributed by atoms with Crippen molar-refractivity contribution < 1.29 is 9.90 Å². The van der Waals surface area contributed by atoms with E-state index in [0.29, 0.717) is 0 Å². The van der Waals surface area contributed by atoms with Gasteiger partial charge in [-0.3, -0.25) is 4.79 Å². The van der Waals surface area contributed by atoms with Gasteiger partial charge in [0.25, 0.3) is 0 Å². The molecule has 0 heterocycles. The van der Waals surface area contributed by atoms with Gasteiger partial charge in [-0.05, 0) is 16.8 Å². The zero-order valence-electron chi connectivity index (χ0n) is 7.62. The fourth-order valence-corrected chi connectivity index (χ4v) is 1.83. The number of rotatable bonds is 4. The lowest BCUT2D eigenvalue weighted by molar-refractivity contribution is -0.144. The third kappa shape index (κ3) is 3.39. The Kier molecular flexibility index (Phi) is 5.22. The van der Waals surface area contributed by atoms with Gasteiger partial charge in [0.2, 0.25) is 0 Å². The third-order valence-electron chi connectivity index (χ3n) is 1.95. The number of aliphatic carboxylic acids is 1. The quantitative estimate of drug-likeness (QED) is 0.813. The maximum Gasteiger partial charge on any atom is 0.307 e. The zero-order valence-corrected chi connectivity index (χ0v) is 9.21. The van der Waals surface area contributed by atoms with E-state index in [-0.39, 0.29) is 17.8 Å². The number of hydrogen-bond donors (Lipinski definition) is 1. The smallest absolute Gasteiger partial charge is 0.307 e. The molecule has 1 N–H and O–H groups in total. The van der Waals surface area contributed by atoms with Crippen LogP contribution in [0.25, 0.3) is 0 Å². The maximum absolute atomic E-state index is 10.8. The second kappa shape index (κ2) is 5.36. The summed E-state index contributed by atoms with van der Waals surface area (Å²) in [6.07, 6.45) is 1.86. The highest BCUT2D eigenvalue weighted by Gasteiger charge is 2.25. The molecule has 2 unspecified atom stereocenters. The minimum absolute atomic E-state index is 0.0712. The Balaban J connectivity index is 4.40. The Morgan fingerprint density at radius 3 is 2.17 bits per heavy atom. The summed E-state index contributed by atoms with van der Waals surface area (Å²) in [5.74, 6) is -0.773. The first-order valence-electron chi connectivity index (χ1n) is 4.00. The number of allylic oxidation sites excluding steroid dienone is 1. The van der Waals surface area contributed by atoms with Gasteiger partial charge in [0.05, 0.1) is 5.92 Å². The van der Waals surface area contributed by atoms with E-state index in [4.69, 9.17) is 5.11 Å². The highest BCUT2D eigenvalue weighted by atomic mass is 79.9. The average Bonchev–Trinajstić information content (AvgIpc) is 1.85. The van der Waals surface area contributed by atoms with Crippen LogP contribution in [-0.4, -0.2) is 11.1 Å². The lowest BCUT2D eigenvalue weighted by atomic mass is 9.85. The zero-order chi connectivity index (χ0) is 9.72. The van der Waals surface area contributed by atoms with Crippen LogP contribution < -0.4 is 0 Å². The maximum atomic E-state index is 10.8. The number of carboxylic acids is 1. The molecule has 70 valence electrons. The first-order chi connectivity index (χ1) is 5.50. The summed E-state index contributed by atoms with van der Waals surface area (Å²) in [6.45, 7) is 5.77. The SMILES string of the molecule is CC(C)C(C(=O)O)C(C)C=CBr. The van der Waals surface area contributed by atoms with Crippen molar-refractivity contribution >= 4 is 21.9 Å². The van der Waals surface area contributed by atoms with Crippen LogP contribution in [0.5, 0.6) is 0 Å². The Hall–Kier alpha value is -0.310.